The van der Waals surface area contributed by atoms with Gasteiger partial charge in [0.25, 0.3) is 0 Å². The lowest BCUT2D eigenvalue weighted by molar-refractivity contribution is 0.0528. The molecule has 1 aromatic carbocycles. The molecule has 0 bridgehead atoms. The van der Waals surface area contributed by atoms with E-state index >= 15 is 0 Å². The number of aromatic nitrogens is 6. The van der Waals surface area contributed by atoms with Crippen molar-refractivity contribution in [1.82, 2.24) is 29.9 Å². The zero-order valence-corrected chi connectivity index (χ0v) is 15.2. The van der Waals surface area contributed by atoms with Crippen molar-refractivity contribution in [2.45, 2.75) is 6.92 Å². The molecule has 10 nitrogen and oxygen atoms in total. The first-order chi connectivity index (χ1) is 14.2. The maximum atomic E-state index is 12.3. The molecule has 0 aliphatic rings. The highest BCUT2D eigenvalue weighted by Gasteiger charge is 2.19. The highest BCUT2D eigenvalue weighted by molar-refractivity contribution is 6.08. The topological polar surface area (TPSA) is 142 Å². The van der Waals surface area contributed by atoms with Gasteiger partial charge in [-0.1, -0.05) is 12.1 Å². The minimum atomic E-state index is -0.446. The Balaban J connectivity index is 1.75. The molecule has 0 radical (unpaired) electrons. The van der Waals surface area contributed by atoms with Crippen LogP contribution in [0.2, 0.25) is 0 Å². The summed E-state index contributed by atoms with van der Waals surface area (Å²) in [4.78, 5) is 35.6. The molecule has 10 heteroatoms. The zero-order valence-electron chi connectivity index (χ0n) is 15.2. The molecular weight excluding hydrogens is 372 g/mol. The molecule has 0 unspecified atom stereocenters. The Morgan fingerprint density at radius 3 is 2.93 bits per heavy atom. The number of nitrogens with one attached hydrogen (secondary N) is 2. The number of aromatic amines is 1. The van der Waals surface area contributed by atoms with Gasteiger partial charge in [0.15, 0.2) is 0 Å². The lowest BCUT2D eigenvalue weighted by Crippen LogP contribution is -2.04. The number of benzene rings is 1. The summed E-state index contributed by atoms with van der Waals surface area (Å²) in [6.07, 6.45) is 4.25. The average Bonchev–Trinajstić information content (AvgIpc) is 3.19. The predicted molar refractivity (Wildman–Crippen MR) is 103 cm³/mol. The van der Waals surface area contributed by atoms with E-state index in [2.05, 4.69) is 35.2 Å². The molecule has 4 aromatic rings. The van der Waals surface area contributed by atoms with Crippen LogP contribution in [0.1, 0.15) is 23.1 Å². The SMILES string of the molecule is CCOC(=O)c1c[nH]c2ncnc(-c3cccc(Nc4ncnc(C#N)n4)c3)c12. The monoisotopic (exact) mass is 386 g/mol. The van der Waals surface area contributed by atoms with Gasteiger partial charge in [0.05, 0.1) is 23.3 Å². The van der Waals surface area contributed by atoms with Gasteiger partial charge in [-0.15, -0.1) is 0 Å². The highest BCUT2D eigenvalue weighted by Crippen LogP contribution is 2.30. The fourth-order valence-corrected chi connectivity index (χ4v) is 2.84. The van der Waals surface area contributed by atoms with Gasteiger partial charge in [-0.05, 0) is 19.1 Å². The van der Waals surface area contributed by atoms with E-state index in [9.17, 15) is 4.79 Å². The van der Waals surface area contributed by atoms with E-state index in [1.54, 1.807) is 13.1 Å². The third-order valence-corrected chi connectivity index (χ3v) is 4.03. The number of H-pyrrole nitrogens is 1. The van der Waals surface area contributed by atoms with Crippen LogP contribution in [-0.4, -0.2) is 42.5 Å². The predicted octanol–water partition coefficient (Wildman–Crippen LogP) is 2.60. The summed E-state index contributed by atoms with van der Waals surface area (Å²) < 4.78 is 5.13. The van der Waals surface area contributed by atoms with Crippen molar-refractivity contribution in [3.8, 4) is 17.3 Å². The number of ether oxygens (including phenoxy) is 1. The molecule has 3 aromatic heterocycles. The molecule has 0 fully saturated rings. The molecule has 0 saturated carbocycles. The number of esters is 1. The molecule has 142 valence electrons. The Kier molecular flexibility index (Phi) is 4.77. The van der Waals surface area contributed by atoms with Crippen molar-refractivity contribution in [2.24, 2.45) is 0 Å². The van der Waals surface area contributed by atoms with Crippen LogP contribution in [0.15, 0.2) is 43.1 Å². The van der Waals surface area contributed by atoms with Crippen LogP contribution in [0.4, 0.5) is 11.6 Å². The summed E-state index contributed by atoms with van der Waals surface area (Å²) in [5, 5.41) is 12.5. The molecular formula is C19H14N8O2. The molecule has 2 N–H and O–H groups in total. The lowest BCUT2D eigenvalue weighted by atomic mass is 10.1. The van der Waals surface area contributed by atoms with Crippen molar-refractivity contribution >= 4 is 28.6 Å². The molecule has 0 spiro atoms. The Labute approximate surface area is 164 Å². The van der Waals surface area contributed by atoms with Gasteiger partial charge in [0, 0.05) is 17.4 Å². The second-order valence-corrected chi connectivity index (χ2v) is 5.82. The minimum Gasteiger partial charge on any atom is -0.462 e. The first kappa shape index (κ1) is 18.0. The summed E-state index contributed by atoms with van der Waals surface area (Å²) in [7, 11) is 0. The van der Waals surface area contributed by atoms with Crippen molar-refractivity contribution in [3.63, 3.8) is 0 Å². The number of nitrogens with zero attached hydrogens (tertiary/aromatic N) is 6. The molecule has 29 heavy (non-hydrogen) atoms. The number of nitriles is 1. The maximum absolute atomic E-state index is 12.3. The molecule has 0 saturated heterocycles. The number of fused-ring (bicyclic) bond motifs is 1. The molecule has 0 aliphatic carbocycles. The fraction of sp³-hybridized carbons (Fsp3) is 0.105. The van der Waals surface area contributed by atoms with Crippen LogP contribution in [-0.2, 0) is 4.74 Å². The van der Waals surface area contributed by atoms with Crippen LogP contribution >= 0.6 is 0 Å². The number of rotatable bonds is 5. The molecule has 0 atom stereocenters. The van der Waals surface area contributed by atoms with Crippen LogP contribution in [0.5, 0.6) is 0 Å². The Morgan fingerprint density at radius 1 is 1.24 bits per heavy atom. The number of carbonyl (C=O) groups is 1. The van der Waals surface area contributed by atoms with Crippen molar-refractivity contribution in [2.75, 3.05) is 11.9 Å². The Hall–Kier alpha value is -4.39. The minimum absolute atomic E-state index is 0.0163. The standard InChI is InChI=1S/C19H14N8O2/c1-2-29-18(28)13-8-21-17-15(13)16(23-10-24-17)11-4-3-5-12(6-11)26-19-25-9-22-14(7-20)27-19/h3-6,8-10H,2H2,1H3,(H,21,23,24)(H,22,25,26,27). The van der Waals surface area contributed by atoms with Gasteiger partial charge in [-0.25, -0.2) is 24.7 Å². The zero-order chi connectivity index (χ0) is 20.2. The van der Waals surface area contributed by atoms with E-state index in [-0.39, 0.29) is 18.4 Å². The number of hydrogen-bond donors (Lipinski definition) is 2. The van der Waals surface area contributed by atoms with Gasteiger partial charge in [0.2, 0.25) is 11.8 Å². The number of hydrogen-bond acceptors (Lipinski definition) is 9. The number of anilines is 2. The van der Waals surface area contributed by atoms with Crippen LogP contribution in [0, 0.1) is 11.3 Å². The first-order valence-corrected chi connectivity index (χ1v) is 8.65. The average molecular weight is 386 g/mol. The lowest BCUT2D eigenvalue weighted by Gasteiger charge is -2.08. The third kappa shape index (κ3) is 3.57. The highest BCUT2D eigenvalue weighted by atomic mass is 16.5. The summed E-state index contributed by atoms with van der Waals surface area (Å²) in [6, 6.07) is 9.21. The van der Waals surface area contributed by atoms with Crippen LogP contribution in [0.25, 0.3) is 22.3 Å². The van der Waals surface area contributed by atoms with E-state index in [0.717, 1.165) is 5.56 Å². The summed E-state index contributed by atoms with van der Waals surface area (Å²) in [5.41, 5.74) is 2.91. The fourth-order valence-electron chi connectivity index (χ4n) is 2.84. The van der Waals surface area contributed by atoms with Gasteiger partial charge in [-0.2, -0.15) is 10.2 Å². The quantitative estimate of drug-likeness (QED) is 0.495. The second-order valence-electron chi connectivity index (χ2n) is 5.82. The van der Waals surface area contributed by atoms with Gasteiger partial charge < -0.3 is 15.0 Å². The Morgan fingerprint density at radius 2 is 2.10 bits per heavy atom. The number of carbonyl (C=O) groups excluding carboxylic acids is 1. The van der Waals surface area contributed by atoms with Gasteiger partial charge in [0.1, 0.15) is 24.4 Å². The third-order valence-electron chi connectivity index (χ3n) is 4.03. The van der Waals surface area contributed by atoms with E-state index < -0.39 is 5.97 Å². The van der Waals surface area contributed by atoms with E-state index in [1.165, 1.54) is 12.7 Å². The van der Waals surface area contributed by atoms with Gasteiger partial charge in [-0.3, -0.25) is 0 Å². The molecule has 0 aliphatic heterocycles. The smallest absolute Gasteiger partial charge is 0.340 e. The van der Waals surface area contributed by atoms with E-state index in [1.807, 2.05) is 30.3 Å². The van der Waals surface area contributed by atoms with Crippen molar-refractivity contribution in [3.05, 3.63) is 54.5 Å². The summed E-state index contributed by atoms with van der Waals surface area (Å²) in [6.45, 7) is 2.02. The van der Waals surface area contributed by atoms with E-state index in [4.69, 9.17) is 10.00 Å². The van der Waals surface area contributed by atoms with Gasteiger partial charge >= 0.3 is 5.97 Å². The van der Waals surface area contributed by atoms with E-state index in [0.29, 0.717) is 28.0 Å². The molecule has 4 rings (SSSR count). The normalized spacial score (nSPS) is 10.5. The largest absolute Gasteiger partial charge is 0.462 e. The van der Waals surface area contributed by atoms with Crippen LogP contribution in [0.3, 0.4) is 0 Å². The molecule has 3 heterocycles. The maximum Gasteiger partial charge on any atom is 0.340 e. The van der Waals surface area contributed by atoms with Crippen LogP contribution < -0.4 is 5.32 Å². The Bertz CT molecular complexity index is 1240. The first-order valence-electron chi connectivity index (χ1n) is 8.65. The van der Waals surface area contributed by atoms with Crippen molar-refractivity contribution in [1.29, 1.82) is 5.26 Å². The summed E-state index contributed by atoms with van der Waals surface area (Å²) >= 11 is 0. The summed E-state index contributed by atoms with van der Waals surface area (Å²) in [5.74, 6) is -0.184. The second kappa shape index (κ2) is 7.69. The van der Waals surface area contributed by atoms with Crippen molar-refractivity contribution < 1.29 is 9.53 Å². The molecule has 0 amide bonds.